The third-order valence-electron chi connectivity index (χ3n) is 9.54. The summed E-state index contributed by atoms with van der Waals surface area (Å²) in [6.07, 6.45) is 1.31. The Balaban J connectivity index is 0.000000331. The number of nitrogens with zero attached hydrogens (tertiary/aromatic N) is 1. The van der Waals surface area contributed by atoms with Gasteiger partial charge >= 0.3 is 0 Å². The molecule has 10 nitrogen and oxygen atoms in total. The number of amides is 1. The second-order valence-corrected chi connectivity index (χ2v) is 20.0. The van der Waals surface area contributed by atoms with E-state index in [1.807, 2.05) is 64.1 Å². The van der Waals surface area contributed by atoms with Crippen LogP contribution in [0.5, 0.6) is 11.5 Å². The smallest absolute Gasteiger partial charge is 0.264 e. The predicted octanol–water partition coefficient (Wildman–Crippen LogP) is 8.86. The van der Waals surface area contributed by atoms with Gasteiger partial charge in [0.15, 0.2) is 0 Å². The number of rotatable bonds is 12. The van der Waals surface area contributed by atoms with Crippen molar-refractivity contribution in [1.82, 2.24) is 10.2 Å². The summed E-state index contributed by atoms with van der Waals surface area (Å²) in [5, 5.41) is 22.1. The van der Waals surface area contributed by atoms with Crippen LogP contribution in [-0.2, 0) is 24.5 Å². The van der Waals surface area contributed by atoms with Crippen molar-refractivity contribution in [3.63, 3.8) is 0 Å². The SMILES string of the molecule is C=CC(=O)NC(C)(C)C.CC(C)(C)N1CC1.CC(C)(C)OS(C)(=O)=O.CCC(O)COc1ccc(C2(c3ccc(OCC(O)CF)cc3)c3ccccc3-c3ccccc32)cc1. The van der Waals surface area contributed by atoms with Gasteiger partial charge in [0.2, 0.25) is 5.91 Å². The summed E-state index contributed by atoms with van der Waals surface area (Å²) in [4.78, 5) is 13.0. The van der Waals surface area contributed by atoms with Crippen LogP contribution in [0.15, 0.2) is 110 Å². The van der Waals surface area contributed by atoms with Crippen LogP contribution in [0, 0.1) is 0 Å². The number of alkyl halides is 1. The van der Waals surface area contributed by atoms with Crippen LogP contribution in [0.4, 0.5) is 4.39 Å². The molecule has 1 aliphatic carbocycles. The second kappa shape index (κ2) is 22.2. The highest BCUT2D eigenvalue weighted by atomic mass is 32.2. The molecule has 0 saturated carbocycles. The number of benzene rings is 4. The summed E-state index contributed by atoms with van der Waals surface area (Å²) < 4.78 is 49.5. The summed E-state index contributed by atoms with van der Waals surface area (Å²) in [6.45, 7) is 24.8. The molecule has 62 heavy (non-hydrogen) atoms. The van der Waals surface area contributed by atoms with Crippen LogP contribution >= 0.6 is 0 Å². The minimum atomic E-state index is -3.28. The van der Waals surface area contributed by atoms with Crippen molar-refractivity contribution >= 4 is 16.0 Å². The van der Waals surface area contributed by atoms with E-state index in [1.165, 1.54) is 41.4 Å². The van der Waals surface area contributed by atoms with Gasteiger partial charge in [-0.25, -0.2) is 4.39 Å². The first-order valence-corrected chi connectivity index (χ1v) is 22.8. The fourth-order valence-electron chi connectivity index (χ4n) is 6.77. The summed E-state index contributed by atoms with van der Waals surface area (Å²) in [6, 6.07) is 32.9. The average Bonchev–Trinajstić information content (AvgIpc) is 4.02. The maximum absolute atomic E-state index is 12.7. The molecule has 2 aliphatic rings. The van der Waals surface area contributed by atoms with Crippen LogP contribution in [-0.4, -0.2) is 97.6 Å². The van der Waals surface area contributed by atoms with Crippen molar-refractivity contribution < 1.29 is 41.5 Å². The van der Waals surface area contributed by atoms with Crippen molar-refractivity contribution in [2.75, 3.05) is 39.2 Å². The van der Waals surface area contributed by atoms with Gasteiger partial charge in [0.1, 0.15) is 37.5 Å². The Morgan fingerprint density at radius 3 is 1.47 bits per heavy atom. The van der Waals surface area contributed by atoms with E-state index >= 15 is 0 Å². The Bertz CT molecular complexity index is 2030. The number of carbonyl (C=O) groups excluding carboxylic acids is 1. The van der Waals surface area contributed by atoms with Crippen LogP contribution in [0.3, 0.4) is 0 Å². The van der Waals surface area contributed by atoms with Crippen LogP contribution in [0.2, 0.25) is 0 Å². The number of ether oxygens (including phenoxy) is 2. The first kappa shape index (κ1) is 51.8. The van der Waals surface area contributed by atoms with Crippen LogP contribution in [0.1, 0.15) is 97.9 Å². The van der Waals surface area contributed by atoms with Gasteiger partial charge in [-0.3, -0.25) is 13.9 Å². The van der Waals surface area contributed by atoms with Gasteiger partial charge in [-0.1, -0.05) is 86.3 Å². The zero-order valence-corrected chi connectivity index (χ0v) is 39.3. The third kappa shape index (κ3) is 16.0. The molecule has 1 heterocycles. The van der Waals surface area contributed by atoms with Gasteiger partial charge < -0.3 is 25.0 Å². The van der Waals surface area contributed by atoms with Crippen molar-refractivity contribution in [2.45, 2.75) is 110 Å². The highest BCUT2D eigenvalue weighted by molar-refractivity contribution is 7.86. The van der Waals surface area contributed by atoms with E-state index in [4.69, 9.17) is 9.47 Å². The lowest BCUT2D eigenvalue weighted by Crippen LogP contribution is -2.39. The van der Waals surface area contributed by atoms with E-state index in [-0.39, 0.29) is 24.7 Å². The van der Waals surface area contributed by atoms with E-state index in [0.717, 1.165) is 17.4 Å². The first-order valence-electron chi connectivity index (χ1n) is 21.0. The highest BCUT2D eigenvalue weighted by Gasteiger charge is 2.46. The third-order valence-corrected chi connectivity index (χ3v) is 10.3. The van der Waals surface area contributed by atoms with Gasteiger partial charge in [-0.15, -0.1) is 0 Å². The van der Waals surface area contributed by atoms with E-state index in [2.05, 4.69) is 102 Å². The number of fused-ring (bicyclic) bond motifs is 3. The molecule has 340 valence electrons. The Labute approximate surface area is 370 Å². The minimum absolute atomic E-state index is 0.0964. The average molecular weight is 877 g/mol. The molecule has 1 aliphatic heterocycles. The molecule has 6 rings (SSSR count). The van der Waals surface area contributed by atoms with Gasteiger partial charge in [0, 0.05) is 24.2 Å². The Morgan fingerprint density at radius 1 is 0.774 bits per heavy atom. The fraction of sp³-hybridized carbons (Fsp3) is 0.460. The standard InChI is InChI=1S/C32H31FO4.C7H13NO.C6H13N.C5H12O3S/c1-2-24(34)20-36-26-15-11-22(12-16-26)32(23-13-17-27(18-14-23)37-21-25(35)19-33)30-9-5-3-7-28(30)29-8-4-6-10-31(29)32;1-5-6(9)8-7(2,3)4;1-6(2,3)7-4-5-7;1-5(2,3)8-9(4,6)7/h3-18,24-25,34-35H,2,19-21H2,1H3;5H,1H2,2-4H3,(H,8,9);4-5H2,1-3H3;1-4H3. The lowest BCUT2D eigenvalue weighted by atomic mass is 9.68. The lowest BCUT2D eigenvalue weighted by molar-refractivity contribution is -0.117. The zero-order chi connectivity index (χ0) is 46.5. The van der Waals surface area contributed by atoms with Gasteiger partial charge in [0.05, 0.1) is 23.4 Å². The summed E-state index contributed by atoms with van der Waals surface area (Å²) in [7, 11) is -3.28. The summed E-state index contributed by atoms with van der Waals surface area (Å²) in [5.41, 5.74) is 6.05. The fourth-order valence-corrected chi connectivity index (χ4v) is 7.68. The number of hydrogen-bond donors (Lipinski definition) is 3. The molecule has 1 amide bonds. The second-order valence-electron chi connectivity index (χ2n) is 18.4. The maximum atomic E-state index is 12.7. The molecule has 4 aromatic carbocycles. The van der Waals surface area contributed by atoms with E-state index in [0.29, 0.717) is 23.5 Å². The van der Waals surface area contributed by atoms with E-state index in [1.54, 1.807) is 20.8 Å². The summed E-state index contributed by atoms with van der Waals surface area (Å²) >= 11 is 0. The minimum Gasteiger partial charge on any atom is -0.491 e. The molecule has 0 spiro atoms. The largest absolute Gasteiger partial charge is 0.491 e. The quantitative estimate of drug-likeness (QED) is 0.0639. The number of halogens is 1. The molecular formula is C50H69FN2O8S. The van der Waals surface area contributed by atoms with Gasteiger partial charge in [-0.05, 0) is 132 Å². The molecule has 1 saturated heterocycles. The van der Waals surface area contributed by atoms with Crippen molar-refractivity contribution in [3.05, 3.63) is 132 Å². The molecular weight excluding hydrogens is 808 g/mol. The molecule has 1 fully saturated rings. The molecule has 0 aromatic heterocycles. The number of nitrogens with one attached hydrogen (secondary N) is 1. The topological polar surface area (TPSA) is 134 Å². The van der Waals surface area contributed by atoms with Crippen LogP contribution < -0.4 is 14.8 Å². The number of aliphatic hydroxyl groups excluding tert-OH is 2. The van der Waals surface area contributed by atoms with Crippen molar-refractivity contribution in [1.29, 1.82) is 0 Å². The Hall–Kier alpha value is -4.59. The summed E-state index contributed by atoms with van der Waals surface area (Å²) in [5.74, 6) is 1.16. The molecule has 2 atom stereocenters. The van der Waals surface area contributed by atoms with Crippen molar-refractivity contribution in [2.24, 2.45) is 0 Å². The number of hydrogen-bond acceptors (Lipinski definition) is 9. The maximum Gasteiger partial charge on any atom is 0.264 e. The normalized spacial score (nSPS) is 15.0. The molecule has 0 bridgehead atoms. The van der Waals surface area contributed by atoms with Crippen molar-refractivity contribution in [3.8, 4) is 22.6 Å². The Morgan fingerprint density at radius 2 is 1.19 bits per heavy atom. The molecule has 3 N–H and O–H groups in total. The van der Waals surface area contributed by atoms with Gasteiger partial charge in [0.25, 0.3) is 10.1 Å². The van der Waals surface area contributed by atoms with Crippen LogP contribution in [0.25, 0.3) is 11.1 Å². The predicted molar refractivity (Wildman–Crippen MR) is 248 cm³/mol. The molecule has 0 radical (unpaired) electrons. The highest BCUT2D eigenvalue weighted by Crippen LogP contribution is 2.56. The molecule has 2 unspecified atom stereocenters. The van der Waals surface area contributed by atoms with E-state index < -0.39 is 40.0 Å². The molecule has 12 heteroatoms. The zero-order valence-electron chi connectivity index (χ0n) is 38.5. The number of aliphatic hydroxyl groups is 2. The molecule has 4 aromatic rings. The Kier molecular flexibility index (Phi) is 18.5. The van der Waals surface area contributed by atoms with E-state index in [9.17, 15) is 27.8 Å². The van der Waals surface area contributed by atoms with Gasteiger partial charge in [-0.2, -0.15) is 8.42 Å². The number of carbonyl (C=O) groups is 1. The lowest BCUT2D eigenvalue weighted by Gasteiger charge is -2.34. The monoisotopic (exact) mass is 876 g/mol. The first-order chi connectivity index (χ1) is 28.8.